The fraction of sp³-hybridized carbons (Fsp3) is 0.360. The first-order valence-corrected chi connectivity index (χ1v) is 11.1. The van der Waals surface area contributed by atoms with Gasteiger partial charge >= 0.3 is 0 Å². The Morgan fingerprint density at radius 2 is 2.06 bits per heavy atom. The van der Waals surface area contributed by atoms with Crippen LogP contribution in [-0.2, 0) is 11.3 Å². The van der Waals surface area contributed by atoms with Crippen molar-refractivity contribution in [3.8, 4) is 17.2 Å². The van der Waals surface area contributed by atoms with Crippen LogP contribution in [0.15, 0.2) is 48.5 Å². The van der Waals surface area contributed by atoms with E-state index >= 15 is 0 Å². The lowest BCUT2D eigenvalue weighted by molar-refractivity contribution is -0.123. The van der Waals surface area contributed by atoms with Crippen molar-refractivity contribution in [2.75, 3.05) is 24.8 Å². The van der Waals surface area contributed by atoms with Gasteiger partial charge in [-0.2, -0.15) is 0 Å². The molecule has 0 saturated carbocycles. The van der Waals surface area contributed by atoms with E-state index in [1.54, 1.807) is 0 Å². The van der Waals surface area contributed by atoms with Gasteiger partial charge in [-0.1, -0.05) is 18.2 Å². The number of ether oxygens (including phenoxy) is 3. The third kappa shape index (κ3) is 4.28. The molecule has 1 atom stereocenters. The van der Waals surface area contributed by atoms with Gasteiger partial charge in [0, 0.05) is 24.5 Å². The van der Waals surface area contributed by atoms with Gasteiger partial charge < -0.3 is 24.4 Å². The Morgan fingerprint density at radius 1 is 1.16 bits per heavy atom. The Kier molecular flexibility index (Phi) is 5.71. The molecule has 2 aliphatic rings. The molecule has 7 heteroatoms. The third-order valence-electron chi connectivity index (χ3n) is 6.05. The Balaban J connectivity index is 1.24. The topological polar surface area (TPSA) is 72.9 Å². The number of hydrogen-bond donors (Lipinski definition) is 1. The van der Waals surface area contributed by atoms with E-state index in [4.69, 9.17) is 19.2 Å². The molecule has 1 saturated heterocycles. The Hall–Kier alpha value is -3.48. The molecule has 1 N–H and O–H groups in total. The Morgan fingerprint density at radius 3 is 2.97 bits per heavy atom. The van der Waals surface area contributed by atoms with E-state index in [-0.39, 0.29) is 19.3 Å². The highest BCUT2D eigenvalue weighted by Crippen LogP contribution is 2.32. The van der Waals surface area contributed by atoms with Gasteiger partial charge in [-0.3, -0.25) is 4.79 Å². The van der Waals surface area contributed by atoms with Gasteiger partial charge in [0.1, 0.15) is 17.1 Å². The fourth-order valence-corrected chi connectivity index (χ4v) is 4.27. The molecule has 0 radical (unpaired) electrons. The number of benzene rings is 2. The highest BCUT2D eigenvalue weighted by molar-refractivity contribution is 5.86. The minimum atomic E-state index is -0.194. The Bertz CT molecular complexity index is 1130. The van der Waals surface area contributed by atoms with Crippen LogP contribution in [0.25, 0.3) is 10.9 Å². The molecule has 2 aromatic carbocycles. The number of carbonyl (C=O) groups excluding carboxylic acids is 1. The van der Waals surface area contributed by atoms with Crippen LogP contribution in [-0.4, -0.2) is 36.9 Å². The second-order valence-corrected chi connectivity index (χ2v) is 8.29. The number of amides is 1. The molecule has 0 bridgehead atoms. The number of fused-ring (bicyclic) bond motifs is 2. The Labute approximate surface area is 187 Å². The molecule has 5 rings (SSSR count). The molecule has 166 valence electrons. The number of piperidine rings is 1. The average Bonchev–Trinajstić information content (AvgIpc) is 3.29. The second kappa shape index (κ2) is 8.94. The smallest absolute Gasteiger partial charge is 0.258 e. The summed E-state index contributed by atoms with van der Waals surface area (Å²) in [6.07, 6.45) is 3.63. The number of anilines is 1. The minimum Gasteiger partial charge on any atom is -0.481 e. The van der Waals surface area contributed by atoms with Gasteiger partial charge in [0.25, 0.3) is 5.91 Å². The van der Waals surface area contributed by atoms with Crippen molar-refractivity contribution in [1.29, 1.82) is 0 Å². The van der Waals surface area contributed by atoms with Gasteiger partial charge in [-0.15, -0.1) is 0 Å². The van der Waals surface area contributed by atoms with Gasteiger partial charge in [-0.05, 0) is 62.1 Å². The van der Waals surface area contributed by atoms with E-state index in [0.717, 1.165) is 34.6 Å². The summed E-state index contributed by atoms with van der Waals surface area (Å²) in [6.45, 7) is 3.82. The number of nitrogens with one attached hydrogen (secondary N) is 1. The number of pyridine rings is 1. The summed E-state index contributed by atoms with van der Waals surface area (Å²) in [7, 11) is 0. The molecule has 3 aromatic rings. The van der Waals surface area contributed by atoms with E-state index < -0.39 is 0 Å². The van der Waals surface area contributed by atoms with Crippen molar-refractivity contribution >= 4 is 22.6 Å². The molecule has 32 heavy (non-hydrogen) atoms. The highest BCUT2D eigenvalue weighted by atomic mass is 16.7. The molecule has 7 nitrogen and oxygen atoms in total. The first kappa shape index (κ1) is 20.4. The fourth-order valence-electron chi connectivity index (χ4n) is 4.27. The van der Waals surface area contributed by atoms with E-state index in [1.165, 1.54) is 19.3 Å². The average molecular weight is 434 g/mol. The first-order valence-electron chi connectivity index (χ1n) is 11.1. The summed E-state index contributed by atoms with van der Waals surface area (Å²) in [5, 5.41) is 3.89. The number of aromatic nitrogens is 1. The van der Waals surface area contributed by atoms with Gasteiger partial charge in [0.2, 0.25) is 6.79 Å². The van der Waals surface area contributed by atoms with Crippen molar-refractivity contribution in [2.24, 2.45) is 0 Å². The molecule has 0 spiro atoms. The standard InChI is InChI=1S/C25H27N3O4/c1-17-5-2-3-12-28(17)23-11-9-19-6-4-7-21(25(19)27-23)30-15-24(29)26-14-18-8-10-20-22(13-18)32-16-31-20/h4,6-11,13,17H,2-3,5,12,14-16H2,1H3,(H,26,29). The predicted octanol–water partition coefficient (Wildman–Crippen LogP) is 4.04. The molecular weight excluding hydrogens is 406 g/mol. The van der Waals surface area contributed by atoms with Crippen LogP contribution in [0.2, 0.25) is 0 Å². The normalized spacial score (nSPS) is 17.4. The van der Waals surface area contributed by atoms with Crippen LogP contribution in [0.4, 0.5) is 5.82 Å². The van der Waals surface area contributed by atoms with Gasteiger partial charge in [-0.25, -0.2) is 4.98 Å². The van der Waals surface area contributed by atoms with E-state index in [1.807, 2.05) is 36.4 Å². The zero-order valence-corrected chi connectivity index (χ0v) is 18.2. The maximum absolute atomic E-state index is 12.4. The lowest BCUT2D eigenvalue weighted by Crippen LogP contribution is -2.37. The maximum Gasteiger partial charge on any atom is 0.258 e. The number of hydrogen-bond acceptors (Lipinski definition) is 6. The monoisotopic (exact) mass is 433 g/mol. The van der Waals surface area contributed by atoms with Crippen LogP contribution in [0, 0.1) is 0 Å². The molecule has 0 aliphatic carbocycles. The van der Waals surface area contributed by atoms with Crippen molar-refractivity contribution in [1.82, 2.24) is 10.3 Å². The molecule has 1 unspecified atom stereocenters. The number of para-hydroxylation sites is 1. The summed E-state index contributed by atoms with van der Waals surface area (Å²) in [6, 6.07) is 16.1. The van der Waals surface area contributed by atoms with Gasteiger partial charge in [0.05, 0.1) is 0 Å². The predicted molar refractivity (Wildman–Crippen MR) is 122 cm³/mol. The van der Waals surface area contributed by atoms with Crippen molar-refractivity contribution in [2.45, 2.75) is 38.8 Å². The summed E-state index contributed by atoms with van der Waals surface area (Å²) in [5.41, 5.74) is 1.72. The zero-order chi connectivity index (χ0) is 21.9. The molecule has 1 fully saturated rings. The quantitative estimate of drug-likeness (QED) is 0.633. The van der Waals surface area contributed by atoms with Crippen LogP contribution < -0.4 is 24.4 Å². The van der Waals surface area contributed by atoms with Crippen LogP contribution in [0.3, 0.4) is 0 Å². The SMILES string of the molecule is CC1CCCCN1c1ccc2cccc(OCC(=O)NCc3ccc4c(c3)OCO4)c2n1. The molecule has 3 heterocycles. The number of carbonyl (C=O) groups is 1. The largest absolute Gasteiger partial charge is 0.481 e. The maximum atomic E-state index is 12.4. The van der Waals surface area contributed by atoms with E-state index in [2.05, 4.69) is 29.3 Å². The van der Waals surface area contributed by atoms with Crippen LogP contribution in [0.5, 0.6) is 17.2 Å². The molecule has 1 amide bonds. The first-order chi connectivity index (χ1) is 15.7. The molecule has 2 aliphatic heterocycles. The van der Waals surface area contributed by atoms with Crippen molar-refractivity contribution in [3.05, 3.63) is 54.1 Å². The summed E-state index contributed by atoms with van der Waals surface area (Å²) in [4.78, 5) is 19.7. The van der Waals surface area contributed by atoms with Crippen LogP contribution in [0.1, 0.15) is 31.7 Å². The molecule has 1 aromatic heterocycles. The lowest BCUT2D eigenvalue weighted by Gasteiger charge is -2.34. The summed E-state index contributed by atoms with van der Waals surface area (Å²) < 4.78 is 16.6. The second-order valence-electron chi connectivity index (χ2n) is 8.29. The third-order valence-corrected chi connectivity index (χ3v) is 6.05. The zero-order valence-electron chi connectivity index (χ0n) is 18.2. The highest BCUT2D eigenvalue weighted by Gasteiger charge is 2.20. The number of rotatable bonds is 6. The van der Waals surface area contributed by atoms with Crippen molar-refractivity contribution < 1.29 is 19.0 Å². The summed E-state index contributed by atoms with van der Waals surface area (Å²) >= 11 is 0. The molecular formula is C25H27N3O4. The van der Waals surface area contributed by atoms with E-state index in [9.17, 15) is 4.79 Å². The minimum absolute atomic E-state index is 0.0737. The van der Waals surface area contributed by atoms with Gasteiger partial charge in [0.15, 0.2) is 18.1 Å². The summed E-state index contributed by atoms with van der Waals surface area (Å²) in [5.74, 6) is 2.82. The van der Waals surface area contributed by atoms with Crippen LogP contribution >= 0.6 is 0 Å². The van der Waals surface area contributed by atoms with E-state index in [0.29, 0.717) is 24.1 Å². The van der Waals surface area contributed by atoms with Crippen molar-refractivity contribution in [3.63, 3.8) is 0 Å². The lowest BCUT2D eigenvalue weighted by atomic mass is 10.0. The number of nitrogens with zero attached hydrogens (tertiary/aromatic N) is 2.